The summed E-state index contributed by atoms with van der Waals surface area (Å²) in [6.45, 7) is 6.78. The lowest BCUT2D eigenvalue weighted by atomic mass is 9.96. The Hall–Kier alpha value is -0.520. The molecule has 0 aromatic rings. The molecule has 0 nitrogen and oxygen atoms in total. The molecule has 0 heterocycles. The Kier molecular flexibility index (Phi) is 3.58. The summed E-state index contributed by atoms with van der Waals surface area (Å²) in [5, 5.41) is 0. The second-order valence-electron chi connectivity index (χ2n) is 3.58. The maximum absolute atomic E-state index is 2.45. The van der Waals surface area contributed by atoms with Crippen LogP contribution in [0.5, 0.6) is 0 Å². The minimum atomic E-state index is 0.764. The minimum absolute atomic E-state index is 0.764. The summed E-state index contributed by atoms with van der Waals surface area (Å²) in [5.74, 6) is 0.764. The highest BCUT2D eigenvalue weighted by Gasteiger charge is 2.14. The summed E-state index contributed by atoms with van der Waals surface area (Å²) in [7, 11) is 0. The Bertz CT molecular complexity index is 196. The van der Waals surface area contributed by atoms with Crippen molar-refractivity contribution in [2.24, 2.45) is 5.92 Å². The van der Waals surface area contributed by atoms with E-state index in [-0.39, 0.29) is 0 Å². The molecule has 1 unspecified atom stereocenters. The molecule has 1 aliphatic rings. The van der Waals surface area contributed by atoms with Crippen molar-refractivity contribution in [3.05, 3.63) is 23.3 Å². The molecule has 68 valence electrons. The van der Waals surface area contributed by atoms with E-state index < -0.39 is 0 Å². The third-order valence-corrected chi connectivity index (χ3v) is 2.65. The van der Waals surface area contributed by atoms with Crippen LogP contribution in [0, 0.1) is 5.92 Å². The van der Waals surface area contributed by atoms with Crippen LogP contribution in [0.25, 0.3) is 0 Å². The van der Waals surface area contributed by atoms with E-state index in [1.54, 1.807) is 11.1 Å². The van der Waals surface area contributed by atoms with Crippen LogP contribution in [0.1, 0.15) is 46.5 Å². The normalized spacial score (nSPS) is 22.4. The summed E-state index contributed by atoms with van der Waals surface area (Å²) in [5.41, 5.74) is 3.21. The smallest absolute Gasteiger partial charge is 0.00169 e. The van der Waals surface area contributed by atoms with Gasteiger partial charge in [0, 0.05) is 0 Å². The fraction of sp³-hybridized carbons (Fsp3) is 0.667. The monoisotopic (exact) mass is 164 g/mol. The fourth-order valence-electron chi connectivity index (χ4n) is 1.90. The lowest BCUT2D eigenvalue weighted by Gasteiger charge is -2.09. The first kappa shape index (κ1) is 9.57. The van der Waals surface area contributed by atoms with E-state index in [9.17, 15) is 0 Å². The molecule has 1 atom stereocenters. The highest BCUT2D eigenvalue weighted by atomic mass is 14.2. The number of allylic oxidation sites excluding steroid dienone is 4. The highest BCUT2D eigenvalue weighted by molar-refractivity contribution is 5.35. The zero-order chi connectivity index (χ0) is 8.97. The van der Waals surface area contributed by atoms with Crippen LogP contribution in [0.3, 0.4) is 0 Å². The van der Waals surface area contributed by atoms with Crippen LogP contribution >= 0.6 is 0 Å². The Morgan fingerprint density at radius 2 is 2.00 bits per heavy atom. The zero-order valence-corrected chi connectivity index (χ0v) is 8.56. The maximum atomic E-state index is 2.45. The van der Waals surface area contributed by atoms with Gasteiger partial charge in [0.2, 0.25) is 0 Å². The summed E-state index contributed by atoms with van der Waals surface area (Å²) >= 11 is 0. The number of hydrogen-bond donors (Lipinski definition) is 0. The van der Waals surface area contributed by atoms with Gasteiger partial charge >= 0.3 is 0 Å². The molecule has 0 radical (unpaired) electrons. The topological polar surface area (TPSA) is 0 Å². The van der Waals surface area contributed by atoms with Gasteiger partial charge in [0.1, 0.15) is 0 Å². The molecule has 1 aliphatic carbocycles. The molecule has 0 N–H and O–H groups in total. The molecular formula is C12H20. The number of rotatable bonds is 4. The Morgan fingerprint density at radius 3 is 2.50 bits per heavy atom. The Morgan fingerprint density at radius 1 is 1.25 bits per heavy atom. The van der Waals surface area contributed by atoms with Crippen molar-refractivity contribution in [3.63, 3.8) is 0 Å². The Labute approximate surface area is 76.4 Å². The van der Waals surface area contributed by atoms with Crippen molar-refractivity contribution < 1.29 is 0 Å². The standard InChI is InChI=1S/C12H20/c1-4-7-12-9-10(5-2)8-11(12)6-3/h8-9,11H,4-7H2,1-3H3. The van der Waals surface area contributed by atoms with Crippen LogP contribution in [0.2, 0.25) is 0 Å². The van der Waals surface area contributed by atoms with Crippen molar-refractivity contribution in [1.29, 1.82) is 0 Å². The molecule has 0 aliphatic heterocycles. The molecular weight excluding hydrogens is 144 g/mol. The van der Waals surface area contributed by atoms with E-state index in [0.29, 0.717) is 0 Å². The summed E-state index contributed by atoms with van der Waals surface area (Å²) in [6, 6.07) is 0. The van der Waals surface area contributed by atoms with Gasteiger partial charge in [-0.1, -0.05) is 50.5 Å². The van der Waals surface area contributed by atoms with Crippen molar-refractivity contribution in [2.75, 3.05) is 0 Å². The molecule has 0 aromatic carbocycles. The first-order valence-corrected chi connectivity index (χ1v) is 5.22. The molecule has 12 heavy (non-hydrogen) atoms. The average molecular weight is 164 g/mol. The summed E-state index contributed by atoms with van der Waals surface area (Å²) < 4.78 is 0. The summed E-state index contributed by atoms with van der Waals surface area (Å²) in [4.78, 5) is 0. The molecule has 0 saturated heterocycles. The van der Waals surface area contributed by atoms with Crippen LogP contribution in [0.4, 0.5) is 0 Å². The molecule has 1 rings (SSSR count). The van der Waals surface area contributed by atoms with Crippen molar-refractivity contribution in [1.82, 2.24) is 0 Å². The molecule has 0 heteroatoms. The van der Waals surface area contributed by atoms with Crippen molar-refractivity contribution in [3.8, 4) is 0 Å². The predicted octanol–water partition coefficient (Wildman–Crippen LogP) is 4.09. The zero-order valence-electron chi connectivity index (χ0n) is 8.56. The van der Waals surface area contributed by atoms with E-state index in [1.165, 1.54) is 25.7 Å². The van der Waals surface area contributed by atoms with Gasteiger partial charge in [0.15, 0.2) is 0 Å². The van der Waals surface area contributed by atoms with Crippen LogP contribution in [-0.2, 0) is 0 Å². The number of hydrogen-bond acceptors (Lipinski definition) is 0. The van der Waals surface area contributed by atoms with Crippen molar-refractivity contribution in [2.45, 2.75) is 46.5 Å². The third-order valence-electron chi connectivity index (χ3n) is 2.65. The van der Waals surface area contributed by atoms with E-state index in [2.05, 4.69) is 32.9 Å². The quantitative estimate of drug-likeness (QED) is 0.587. The lowest BCUT2D eigenvalue weighted by molar-refractivity contribution is 0.687. The second-order valence-corrected chi connectivity index (χ2v) is 3.58. The Balaban J connectivity index is 2.63. The van der Waals surface area contributed by atoms with Gasteiger partial charge in [-0.2, -0.15) is 0 Å². The van der Waals surface area contributed by atoms with E-state index in [0.717, 1.165) is 5.92 Å². The molecule has 0 spiro atoms. The van der Waals surface area contributed by atoms with E-state index >= 15 is 0 Å². The largest absolute Gasteiger partial charge is 0.0741 e. The summed E-state index contributed by atoms with van der Waals surface area (Å²) in [6.07, 6.45) is 9.91. The van der Waals surface area contributed by atoms with Gasteiger partial charge in [-0.05, 0) is 25.2 Å². The van der Waals surface area contributed by atoms with Gasteiger partial charge in [0.25, 0.3) is 0 Å². The maximum Gasteiger partial charge on any atom is -0.00169 e. The molecule has 0 bridgehead atoms. The van der Waals surface area contributed by atoms with Crippen LogP contribution < -0.4 is 0 Å². The van der Waals surface area contributed by atoms with Crippen LogP contribution in [-0.4, -0.2) is 0 Å². The average Bonchev–Trinajstić information content (AvgIpc) is 2.48. The molecule has 0 amide bonds. The SMILES string of the molecule is CCCC1=CC(CC)=CC1CC. The predicted molar refractivity (Wildman–Crippen MR) is 55.1 cm³/mol. The van der Waals surface area contributed by atoms with E-state index in [1.807, 2.05) is 0 Å². The van der Waals surface area contributed by atoms with Gasteiger partial charge in [-0.25, -0.2) is 0 Å². The lowest BCUT2D eigenvalue weighted by Crippen LogP contribution is -1.94. The fourth-order valence-corrected chi connectivity index (χ4v) is 1.90. The van der Waals surface area contributed by atoms with Gasteiger partial charge in [0.05, 0.1) is 0 Å². The second kappa shape index (κ2) is 4.49. The highest BCUT2D eigenvalue weighted by Crippen LogP contribution is 2.31. The molecule has 0 fully saturated rings. The van der Waals surface area contributed by atoms with E-state index in [4.69, 9.17) is 0 Å². The molecule has 0 aromatic heterocycles. The minimum Gasteiger partial charge on any atom is -0.0741 e. The van der Waals surface area contributed by atoms with Crippen LogP contribution in [0.15, 0.2) is 23.3 Å². The first-order chi connectivity index (χ1) is 5.81. The third kappa shape index (κ3) is 2.00. The van der Waals surface area contributed by atoms with Gasteiger partial charge in [-0.15, -0.1) is 0 Å². The first-order valence-electron chi connectivity index (χ1n) is 5.22. The molecule has 0 saturated carbocycles. The van der Waals surface area contributed by atoms with Gasteiger partial charge < -0.3 is 0 Å². The van der Waals surface area contributed by atoms with Gasteiger partial charge in [-0.3, -0.25) is 0 Å². The van der Waals surface area contributed by atoms with Crippen molar-refractivity contribution >= 4 is 0 Å².